The van der Waals surface area contributed by atoms with Gasteiger partial charge in [0.05, 0.1) is 12.1 Å². The summed E-state index contributed by atoms with van der Waals surface area (Å²) in [5.41, 5.74) is 8.36. The van der Waals surface area contributed by atoms with Crippen molar-refractivity contribution in [2.45, 2.75) is 11.1 Å². The molecule has 1 rings (SSSR count). The van der Waals surface area contributed by atoms with Gasteiger partial charge in [0.2, 0.25) is 0 Å². The van der Waals surface area contributed by atoms with E-state index in [4.69, 9.17) is 22.0 Å². The van der Waals surface area contributed by atoms with Gasteiger partial charge in [-0.3, -0.25) is 0 Å². The van der Waals surface area contributed by atoms with Crippen LogP contribution in [-0.2, 0) is 0 Å². The van der Waals surface area contributed by atoms with Gasteiger partial charge in [0.15, 0.2) is 11.1 Å². The second-order valence-electron chi connectivity index (χ2n) is 2.68. The molecule has 0 saturated carbocycles. The maximum atomic E-state index is 8.73. The lowest BCUT2D eigenvalue weighted by Gasteiger charge is -2.32. The van der Waals surface area contributed by atoms with E-state index in [1.165, 1.54) is 12.2 Å². The van der Waals surface area contributed by atoms with Crippen molar-refractivity contribution in [1.29, 1.82) is 10.5 Å². The third kappa shape index (κ3) is 0.911. The van der Waals surface area contributed by atoms with E-state index < -0.39 is 11.1 Å². The Morgan fingerprint density at radius 1 is 0.917 bits per heavy atom. The van der Waals surface area contributed by atoms with Crippen LogP contribution in [0.3, 0.4) is 0 Å². The summed E-state index contributed by atoms with van der Waals surface area (Å²) in [6.07, 6.45) is 6.06. The van der Waals surface area contributed by atoms with E-state index in [2.05, 4.69) is 0 Å². The molecule has 0 aliphatic heterocycles. The first-order valence-corrected chi connectivity index (χ1v) is 3.35. The first kappa shape index (κ1) is 8.48. The minimum absolute atomic E-state index is 1.42. The molecule has 4 nitrogen and oxygen atoms in total. The predicted molar refractivity (Wildman–Crippen MR) is 43.3 cm³/mol. The molecule has 0 aromatic carbocycles. The second-order valence-corrected chi connectivity index (χ2v) is 2.68. The van der Waals surface area contributed by atoms with E-state index in [-0.39, 0.29) is 0 Å². The van der Waals surface area contributed by atoms with Gasteiger partial charge < -0.3 is 11.5 Å². The second kappa shape index (κ2) is 2.46. The van der Waals surface area contributed by atoms with Crippen molar-refractivity contribution in [2.24, 2.45) is 11.5 Å². The Balaban J connectivity index is 3.22. The summed E-state index contributed by atoms with van der Waals surface area (Å²) in [5.74, 6) is 0. The Morgan fingerprint density at radius 3 is 1.50 bits per heavy atom. The Morgan fingerprint density at radius 2 is 1.25 bits per heavy atom. The molecular weight excluding hydrogens is 152 g/mol. The van der Waals surface area contributed by atoms with Crippen LogP contribution < -0.4 is 11.5 Å². The molecule has 0 spiro atoms. The molecule has 0 aromatic heterocycles. The number of nitriles is 2. The van der Waals surface area contributed by atoms with Gasteiger partial charge in [-0.2, -0.15) is 10.5 Å². The smallest absolute Gasteiger partial charge is 0.158 e. The minimum Gasteiger partial charge on any atom is -0.307 e. The molecule has 4 N–H and O–H groups in total. The van der Waals surface area contributed by atoms with Crippen LogP contribution >= 0.6 is 0 Å². The van der Waals surface area contributed by atoms with Crippen molar-refractivity contribution in [3.63, 3.8) is 0 Å². The maximum Gasteiger partial charge on any atom is 0.158 e. The Kier molecular flexibility index (Phi) is 1.73. The van der Waals surface area contributed by atoms with E-state index in [9.17, 15) is 0 Å². The van der Waals surface area contributed by atoms with Crippen LogP contribution in [0.2, 0.25) is 0 Å². The third-order valence-corrected chi connectivity index (χ3v) is 1.88. The lowest BCUT2D eigenvalue weighted by molar-refractivity contribution is 0.489. The summed E-state index contributed by atoms with van der Waals surface area (Å²) < 4.78 is 0. The molecule has 60 valence electrons. The number of allylic oxidation sites excluding steroid dienone is 2. The zero-order chi connectivity index (χ0) is 9.24. The van der Waals surface area contributed by atoms with E-state index in [0.29, 0.717) is 0 Å². The molecule has 12 heavy (non-hydrogen) atoms. The monoisotopic (exact) mass is 160 g/mol. The summed E-state index contributed by atoms with van der Waals surface area (Å²) >= 11 is 0. The van der Waals surface area contributed by atoms with Crippen LogP contribution in [0, 0.1) is 22.7 Å². The van der Waals surface area contributed by atoms with Crippen molar-refractivity contribution >= 4 is 0 Å². The van der Waals surface area contributed by atoms with Gasteiger partial charge in [0, 0.05) is 0 Å². The van der Waals surface area contributed by atoms with Crippen LogP contribution in [0.1, 0.15) is 0 Å². The average Bonchev–Trinajstić information content (AvgIpc) is 2.10. The number of hydrogen-bond acceptors (Lipinski definition) is 4. The van der Waals surface area contributed by atoms with Crippen molar-refractivity contribution in [2.75, 3.05) is 0 Å². The van der Waals surface area contributed by atoms with Crippen molar-refractivity contribution < 1.29 is 0 Å². The molecule has 0 fully saturated rings. The van der Waals surface area contributed by atoms with E-state index >= 15 is 0 Å². The van der Waals surface area contributed by atoms with Gasteiger partial charge in [0.25, 0.3) is 0 Å². The molecule has 0 heterocycles. The Bertz CT molecular complexity index is 296. The predicted octanol–water partition coefficient (Wildman–Crippen LogP) is -0.445. The SMILES string of the molecule is N#CC1(N)C=CC=CC1(N)C#N. The van der Waals surface area contributed by atoms with Crippen molar-refractivity contribution in [3.05, 3.63) is 24.3 Å². The lowest BCUT2D eigenvalue weighted by atomic mass is 9.77. The van der Waals surface area contributed by atoms with Crippen LogP contribution in [0.25, 0.3) is 0 Å². The number of nitrogens with two attached hydrogens (primary N) is 2. The van der Waals surface area contributed by atoms with Crippen LogP contribution in [0.4, 0.5) is 0 Å². The molecule has 0 aromatic rings. The average molecular weight is 160 g/mol. The molecule has 4 heteroatoms. The molecule has 2 unspecified atom stereocenters. The summed E-state index contributed by atoms with van der Waals surface area (Å²) in [6, 6.07) is 3.63. The van der Waals surface area contributed by atoms with Gasteiger partial charge in [0.1, 0.15) is 0 Å². The molecule has 0 saturated heterocycles. The van der Waals surface area contributed by atoms with Crippen LogP contribution in [0.15, 0.2) is 24.3 Å². The molecule has 1 aliphatic carbocycles. The highest BCUT2D eigenvalue weighted by atomic mass is 14.9. The molecule has 0 amide bonds. The van der Waals surface area contributed by atoms with Gasteiger partial charge >= 0.3 is 0 Å². The first-order chi connectivity index (χ1) is 5.58. The number of nitrogens with zero attached hydrogens (tertiary/aromatic N) is 2. The van der Waals surface area contributed by atoms with Crippen molar-refractivity contribution in [1.82, 2.24) is 0 Å². The standard InChI is InChI=1S/C8H8N4/c9-5-7(11)3-1-2-4-8(7,12)6-10/h1-4H,11-12H2. The largest absolute Gasteiger partial charge is 0.307 e. The Hall–Kier alpha value is -1.62. The minimum atomic E-state index is -1.42. The fraction of sp³-hybridized carbons (Fsp3) is 0.250. The maximum absolute atomic E-state index is 8.73. The molecule has 0 radical (unpaired) electrons. The first-order valence-electron chi connectivity index (χ1n) is 3.35. The quantitative estimate of drug-likeness (QED) is 0.501. The normalized spacial score (nSPS) is 38.7. The van der Waals surface area contributed by atoms with Gasteiger partial charge in [-0.05, 0) is 12.2 Å². The van der Waals surface area contributed by atoms with E-state index in [0.717, 1.165) is 0 Å². The lowest BCUT2D eigenvalue weighted by Crippen LogP contribution is -2.63. The molecular formula is C8H8N4. The summed E-state index contributed by atoms with van der Waals surface area (Å²) in [5, 5.41) is 17.5. The van der Waals surface area contributed by atoms with E-state index in [1.54, 1.807) is 12.2 Å². The topological polar surface area (TPSA) is 99.6 Å². The summed E-state index contributed by atoms with van der Waals surface area (Å²) in [7, 11) is 0. The van der Waals surface area contributed by atoms with Crippen LogP contribution in [-0.4, -0.2) is 11.1 Å². The van der Waals surface area contributed by atoms with Gasteiger partial charge in [-0.15, -0.1) is 0 Å². The Labute approximate surface area is 70.4 Å². The zero-order valence-electron chi connectivity index (χ0n) is 6.36. The summed E-state index contributed by atoms with van der Waals surface area (Å²) in [4.78, 5) is 0. The molecule has 2 atom stereocenters. The highest BCUT2D eigenvalue weighted by molar-refractivity contribution is 5.45. The fourth-order valence-electron chi connectivity index (χ4n) is 0.950. The zero-order valence-corrected chi connectivity index (χ0v) is 6.36. The molecule has 0 bridgehead atoms. The number of rotatable bonds is 0. The van der Waals surface area contributed by atoms with Gasteiger partial charge in [-0.1, -0.05) is 12.2 Å². The summed E-state index contributed by atoms with van der Waals surface area (Å²) in [6.45, 7) is 0. The van der Waals surface area contributed by atoms with Crippen LogP contribution in [0.5, 0.6) is 0 Å². The third-order valence-electron chi connectivity index (χ3n) is 1.88. The fourth-order valence-corrected chi connectivity index (χ4v) is 0.950. The highest BCUT2D eigenvalue weighted by Crippen LogP contribution is 2.22. The number of hydrogen-bond donors (Lipinski definition) is 2. The molecule has 1 aliphatic rings. The highest BCUT2D eigenvalue weighted by Gasteiger charge is 2.44. The van der Waals surface area contributed by atoms with Gasteiger partial charge in [-0.25, -0.2) is 0 Å². The van der Waals surface area contributed by atoms with Crippen molar-refractivity contribution in [3.8, 4) is 12.1 Å². The van der Waals surface area contributed by atoms with E-state index in [1.807, 2.05) is 12.1 Å².